The molecule has 1 saturated carbocycles. The summed E-state index contributed by atoms with van der Waals surface area (Å²) >= 11 is 0. The van der Waals surface area contributed by atoms with Crippen LogP contribution in [0.25, 0.3) is 11.0 Å². The fourth-order valence-electron chi connectivity index (χ4n) is 3.55. The Bertz CT molecular complexity index is 913. The number of aromatic amines is 1. The molecule has 4 N–H and O–H groups in total. The van der Waals surface area contributed by atoms with Crippen LogP contribution in [0.4, 0.5) is 11.5 Å². The standard InChI is InChI=1S/C18H20N6O2/c19-18(17-22-13-4-1-2-5-14(13)23-17)9-7-12(8-10-18)21-16-15(24(25)26)6-3-11-20-16/h1-6,11-12H,7-10,19H2,(H,20,21)(H,22,23). The Morgan fingerprint density at radius 2 is 2.00 bits per heavy atom. The Morgan fingerprint density at radius 3 is 2.73 bits per heavy atom. The predicted molar refractivity (Wildman–Crippen MR) is 98.7 cm³/mol. The number of aromatic nitrogens is 3. The number of fused-ring (bicyclic) bond motifs is 1. The molecule has 0 atom stereocenters. The lowest BCUT2D eigenvalue weighted by atomic mass is 9.79. The Morgan fingerprint density at radius 1 is 1.23 bits per heavy atom. The van der Waals surface area contributed by atoms with Gasteiger partial charge in [-0.15, -0.1) is 0 Å². The van der Waals surface area contributed by atoms with E-state index >= 15 is 0 Å². The van der Waals surface area contributed by atoms with Crippen molar-refractivity contribution in [2.45, 2.75) is 37.3 Å². The molecule has 0 spiro atoms. The maximum atomic E-state index is 11.1. The summed E-state index contributed by atoms with van der Waals surface area (Å²) in [4.78, 5) is 22.8. The Labute approximate surface area is 150 Å². The third-order valence-electron chi connectivity index (χ3n) is 5.06. The van der Waals surface area contributed by atoms with E-state index in [9.17, 15) is 10.1 Å². The van der Waals surface area contributed by atoms with Crippen molar-refractivity contribution in [3.8, 4) is 0 Å². The summed E-state index contributed by atoms with van der Waals surface area (Å²) in [5.74, 6) is 1.12. The molecule has 134 valence electrons. The number of hydrogen-bond donors (Lipinski definition) is 3. The molecule has 4 rings (SSSR count). The average molecular weight is 352 g/mol. The van der Waals surface area contributed by atoms with E-state index in [4.69, 9.17) is 5.73 Å². The number of anilines is 1. The maximum absolute atomic E-state index is 11.1. The van der Waals surface area contributed by atoms with Gasteiger partial charge >= 0.3 is 5.69 Å². The van der Waals surface area contributed by atoms with Crippen LogP contribution in [0.1, 0.15) is 31.5 Å². The highest BCUT2D eigenvalue weighted by molar-refractivity contribution is 5.75. The summed E-state index contributed by atoms with van der Waals surface area (Å²) in [5.41, 5.74) is 8.02. The Balaban J connectivity index is 1.48. The van der Waals surface area contributed by atoms with E-state index in [0.717, 1.165) is 42.5 Å². The van der Waals surface area contributed by atoms with E-state index in [1.165, 1.54) is 6.07 Å². The molecule has 0 saturated heterocycles. The second-order valence-electron chi connectivity index (χ2n) is 6.81. The number of hydrogen-bond acceptors (Lipinski definition) is 6. The molecule has 26 heavy (non-hydrogen) atoms. The van der Waals surface area contributed by atoms with Crippen LogP contribution < -0.4 is 11.1 Å². The van der Waals surface area contributed by atoms with Gasteiger partial charge < -0.3 is 16.0 Å². The normalized spacial score (nSPS) is 23.0. The molecule has 2 aromatic heterocycles. The third kappa shape index (κ3) is 2.99. The SMILES string of the molecule is NC1(c2nc3ccccc3[nH]2)CCC(Nc2ncccc2[N+](=O)[O-])CC1. The molecule has 1 aliphatic rings. The molecule has 8 heteroatoms. The number of benzene rings is 1. The summed E-state index contributed by atoms with van der Waals surface area (Å²) in [6, 6.07) is 11.0. The van der Waals surface area contributed by atoms with E-state index in [1.807, 2.05) is 24.3 Å². The Kier molecular flexibility index (Phi) is 4.04. The van der Waals surface area contributed by atoms with E-state index < -0.39 is 10.5 Å². The van der Waals surface area contributed by atoms with E-state index in [0.29, 0.717) is 5.82 Å². The number of pyridine rings is 1. The molecule has 0 bridgehead atoms. The number of nitrogens with two attached hydrogens (primary N) is 1. The van der Waals surface area contributed by atoms with Crippen molar-refractivity contribution in [1.29, 1.82) is 0 Å². The quantitative estimate of drug-likeness (QED) is 0.490. The molecular weight excluding hydrogens is 332 g/mol. The van der Waals surface area contributed by atoms with Crippen molar-refractivity contribution in [3.05, 3.63) is 58.5 Å². The third-order valence-corrected chi connectivity index (χ3v) is 5.06. The second kappa shape index (κ2) is 6.38. The van der Waals surface area contributed by atoms with Crippen molar-refractivity contribution in [2.75, 3.05) is 5.32 Å². The zero-order chi connectivity index (χ0) is 18.1. The highest BCUT2D eigenvalue weighted by Gasteiger charge is 2.36. The monoisotopic (exact) mass is 352 g/mol. The molecular formula is C18H20N6O2. The lowest BCUT2D eigenvalue weighted by molar-refractivity contribution is -0.384. The largest absolute Gasteiger partial charge is 0.362 e. The number of rotatable bonds is 4. The van der Waals surface area contributed by atoms with Crippen LogP contribution >= 0.6 is 0 Å². The summed E-state index contributed by atoms with van der Waals surface area (Å²) in [5, 5.41) is 14.3. The smallest absolute Gasteiger partial charge is 0.311 e. The first kappa shape index (κ1) is 16.5. The van der Waals surface area contributed by atoms with Crippen molar-refractivity contribution >= 4 is 22.5 Å². The van der Waals surface area contributed by atoms with Crippen LogP contribution in [0.5, 0.6) is 0 Å². The molecule has 1 aliphatic carbocycles. The first-order chi connectivity index (χ1) is 12.5. The summed E-state index contributed by atoms with van der Waals surface area (Å²) < 4.78 is 0. The van der Waals surface area contributed by atoms with Crippen molar-refractivity contribution < 1.29 is 4.92 Å². The van der Waals surface area contributed by atoms with Gasteiger partial charge in [0.15, 0.2) is 0 Å². The number of nitro groups is 1. The minimum atomic E-state index is -0.507. The number of imidazole rings is 1. The Hall–Kier alpha value is -3.00. The zero-order valence-electron chi connectivity index (χ0n) is 14.2. The van der Waals surface area contributed by atoms with E-state index in [2.05, 4.69) is 20.3 Å². The van der Waals surface area contributed by atoms with E-state index in [-0.39, 0.29) is 11.7 Å². The fraction of sp³-hybridized carbons (Fsp3) is 0.333. The lowest BCUT2D eigenvalue weighted by Crippen LogP contribution is -2.44. The van der Waals surface area contributed by atoms with Crippen LogP contribution in [0.15, 0.2) is 42.6 Å². The van der Waals surface area contributed by atoms with Gasteiger partial charge in [0.25, 0.3) is 0 Å². The minimum absolute atomic E-state index is 0.00521. The van der Waals surface area contributed by atoms with Gasteiger partial charge in [0.1, 0.15) is 5.82 Å². The zero-order valence-corrected chi connectivity index (χ0v) is 14.2. The van der Waals surface area contributed by atoms with Gasteiger partial charge in [-0.25, -0.2) is 9.97 Å². The van der Waals surface area contributed by atoms with Gasteiger partial charge in [-0.05, 0) is 43.9 Å². The minimum Gasteiger partial charge on any atom is -0.362 e. The van der Waals surface area contributed by atoms with Crippen LogP contribution in [0.3, 0.4) is 0 Å². The molecule has 0 radical (unpaired) electrons. The number of para-hydroxylation sites is 2. The number of nitrogens with zero attached hydrogens (tertiary/aromatic N) is 3. The molecule has 3 aromatic rings. The molecule has 1 aromatic carbocycles. The van der Waals surface area contributed by atoms with Crippen LogP contribution in [-0.2, 0) is 5.54 Å². The van der Waals surface area contributed by atoms with Gasteiger partial charge in [-0.3, -0.25) is 10.1 Å². The van der Waals surface area contributed by atoms with Crippen LogP contribution in [0.2, 0.25) is 0 Å². The first-order valence-electron chi connectivity index (χ1n) is 8.65. The molecule has 0 aliphatic heterocycles. The van der Waals surface area contributed by atoms with Crippen molar-refractivity contribution in [2.24, 2.45) is 5.73 Å². The van der Waals surface area contributed by atoms with Crippen LogP contribution in [-0.4, -0.2) is 25.9 Å². The number of H-pyrrole nitrogens is 1. The molecule has 2 heterocycles. The summed E-state index contributed by atoms with van der Waals surface area (Å²) in [6.07, 6.45) is 4.62. The lowest BCUT2D eigenvalue weighted by Gasteiger charge is -2.36. The highest BCUT2D eigenvalue weighted by Crippen LogP contribution is 2.36. The molecule has 0 amide bonds. The van der Waals surface area contributed by atoms with E-state index in [1.54, 1.807) is 12.3 Å². The molecule has 1 fully saturated rings. The van der Waals surface area contributed by atoms with Gasteiger partial charge in [0, 0.05) is 18.3 Å². The van der Waals surface area contributed by atoms with Crippen LogP contribution in [0, 0.1) is 10.1 Å². The first-order valence-corrected chi connectivity index (χ1v) is 8.65. The highest BCUT2D eigenvalue weighted by atomic mass is 16.6. The van der Waals surface area contributed by atoms with Gasteiger partial charge in [-0.1, -0.05) is 12.1 Å². The molecule has 8 nitrogen and oxygen atoms in total. The molecule has 0 unspecified atom stereocenters. The number of nitrogens with one attached hydrogen (secondary N) is 2. The fourth-order valence-corrected chi connectivity index (χ4v) is 3.55. The summed E-state index contributed by atoms with van der Waals surface area (Å²) in [7, 11) is 0. The topological polar surface area (TPSA) is 123 Å². The van der Waals surface area contributed by atoms with Gasteiger partial charge in [-0.2, -0.15) is 0 Å². The van der Waals surface area contributed by atoms with Gasteiger partial charge in [0.2, 0.25) is 5.82 Å². The van der Waals surface area contributed by atoms with Crippen molar-refractivity contribution in [3.63, 3.8) is 0 Å². The average Bonchev–Trinajstić information content (AvgIpc) is 3.09. The second-order valence-corrected chi connectivity index (χ2v) is 6.81. The van der Waals surface area contributed by atoms with Gasteiger partial charge in [0.05, 0.1) is 21.5 Å². The predicted octanol–water partition coefficient (Wildman–Crippen LogP) is 3.07. The summed E-state index contributed by atoms with van der Waals surface area (Å²) in [6.45, 7) is 0. The van der Waals surface area contributed by atoms with Crippen molar-refractivity contribution in [1.82, 2.24) is 15.0 Å². The maximum Gasteiger partial charge on any atom is 0.311 e.